The Morgan fingerprint density at radius 1 is 1.33 bits per heavy atom. The van der Waals surface area contributed by atoms with Crippen LogP contribution >= 0.6 is 0 Å². The van der Waals surface area contributed by atoms with Gasteiger partial charge >= 0.3 is 12.1 Å². The molecule has 116 valence electrons. The van der Waals surface area contributed by atoms with Crippen LogP contribution in [-0.2, 0) is 19.0 Å². The Balaban J connectivity index is 2.02. The highest BCUT2D eigenvalue weighted by Crippen LogP contribution is 2.35. The molecule has 4 atom stereocenters. The predicted octanol–water partition coefficient (Wildman–Crippen LogP) is 1.56. The van der Waals surface area contributed by atoms with Crippen LogP contribution in [0.15, 0.2) is 24.8 Å². The summed E-state index contributed by atoms with van der Waals surface area (Å²) in [5.74, 6) is -0.972. The van der Waals surface area contributed by atoms with Gasteiger partial charge in [-0.25, -0.2) is 4.79 Å². The summed E-state index contributed by atoms with van der Waals surface area (Å²) in [5, 5.41) is 2.71. The summed E-state index contributed by atoms with van der Waals surface area (Å²) in [6, 6.07) is -0.479. The number of fused-ring (bicyclic) bond motifs is 2. The minimum atomic E-state index is -0.600. The van der Waals surface area contributed by atoms with Crippen LogP contribution in [0.2, 0.25) is 0 Å². The van der Waals surface area contributed by atoms with E-state index in [0.29, 0.717) is 0 Å². The van der Waals surface area contributed by atoms with Crippen molar-refractivity contribution < 1.29 is 23.8 Å². The van der Waals surface area contributed by atoms with Gasteiger partial charge in [0.05, 0.1) is 18.2 Å². The molecule has 0 unspecified atom stereocenters. The molecule has 1 N–H and O–H groups in total. The number of amides is 1. The fourth-order valence-corrected chi connectivity index (χ4v) is 2.44. The number of alkyl carbamates (subject to hydrolysis) is 1. The summed E-state index contributed by atoms with van der Waals surface area (Å²) in [7, 11) is 0. The van der Waals surface area contributed by atoms with E-state index in [1.165, 1.54) is 6.08 Å². The summed E-state index contributed by atoms with van der Waals surface area (Å²) in [6.45, 7) is 8.97. The third-order valence-electron chi connectivity index (χ3n) is 3.20. The van der Waals surface area contributed by atoms with E-state index in [2.05, 4.69) is 11.9 Å². The van der Waals surface area contributed by atoms with Crippen molar-refractivity contribution in [2.45, 2.75) is 44.6 Å². The molecule has 1 saturated heterocycles. The molecule has 0 aromatic heterocycles. The third-order valence-corrected chi connectivity index (χ3v) is 3.20. The standard InChI is InChI=1S/C15H21NO5/c1-5-8-19-13(17)11-9-6-7-10(20-9)12(11)16-14(18)21-15(2,3)4/h5-7,9-12H,1,8H2,2-4H3,(H,16,18)/t9-,10+,11+,12+/m0/s1. The number of rotatable bonds is 4. The molecule has 0 spiro atoms. The summed E-state index contributed by atoms with van der Waals surface area (Å²) < 4.78 is 15.9. The molecule has 0 aromatic rings. The predicted molar refractivity (Wildman–Crippen MR) is 75.6 cm³/mol. The number of hydrogen-bond acceptors (Lipinski definition) is 5. The minimum absolute atomic E-state index is 0.135. The zero-order valence-corrected chi connectivity index (χ0v) is 12.5. The fourth-order valence-electron chi connectivity index (χ4n) is 2.44. The van der Waals surface area contributed by atoms with E-state index in [1.54, 1.807) is 20.8 Å². The molecule has 2 rings (SSSR count). The van der Waals surface area contributed by atoms with Crippen LogP contribution in [0, 0.1) is 5.92 Å². The van der Waals surface area contributed by atoms with E-state index in [9.17, 15) is 9.59 Å². The number of carbonyl (C=O) groups excluding carboxylic acids is 2. The van der Waals surface area contributed by atoms with Gasteiger partial charge in [0.2, 0.25) is 0 Å². The molecule has 6 heteroatoms. The van der Waals surface area contributed by atoms with Crippen LogP contribution in [0.5, 0.6) is 0 Å². The third kappa shape index (κ3) is 3.64. The number of carbonyl (C=O) groups is 2. The molecule has 0 aromatic carbocycles. The van der Waals surface area contributed by atoms with Gasteiger partial charge in [0, 0.05) is 0 Å². The van der Waals surface area contributed by atoms with Crippen molar-refractivity contribution in [1.29, 1.82) is 0 Å². The van der Waals surface area contributed by atoms with Crippen LogP contribution in [0.25, 0.3) is 0 Å². The molecule has 1 fully saturated rings. The molecular weight excluding hydrogens is 274 g/mol. The van der Waals surface area contributed by atoms with Crippen molar-refractivity contribution >= 4 is 12.1 Å². The van der Waals surface area contributed by atoms with E-state index in [0.717, 1.165) is 0 Å². The summed E-state index contributed by atoms with van der Waals surface area (Å²) in [6.07, 6.45) is 3.88. The molecule has 2 aliphatic rings. The molecule has 0 saturated carbocycles. The normalized spacial score (nSPS) is 30.0. The second kappa shape index (κ2) is 5.89. The second-order valence-electron chi connectivity index (χ2n) is 6.07. The quantitative estimate of drug-likeness (QED) is 0.629. The SMILES string of the molecule is C=CCOC(=O)[C@H]1[C@H](NC(=O)OC(C)(C)C)[C@H]2C=C[C@@H]1O2. The minimum Gasteiger partial charge on any atom is -0.461 e. The van der Waals surface area contributed by atoms with Crippen LogP contribution in [0.3, 0.4) is 0 Å². The number of esters is 1. The van der Waals surface area contributed by atoms with E-state index < -0.39 is 29.6 Å². The van der Waals surface area contributed by atoms with Gasteiger partial charge in [-0.05, 0) is 20.8 Å². The summed E-state index contributed by atoms with van der Waals surface area (Å²) >= 11 is 0. The zero-order chi connectivity index (χ0) is 15.6. The van der Waals surface area contributed by atoms with Crippen LogP contribution in [0.4, 0.5) is 4.79 Å². The number of hydrogen-bond donors (Lipinski definition) is 1. The molecule has 2 bridgehead atoms. The first-order valence-corrected chi connectivity index (χ1v) is 6.92. The Labute approximate surface area is 124 Å². The largest absolute Gasteiger partial charge is 0.461 e. The topological polar surface area (TPSA) is 73.9 Å². The van der Waals surface area contributed by atoms with Crippen molar-refractivity contribution in [2.75, 3.05) is 6.61 Å². The van der Waals surface area contributed by atoms with Crippen molar-refractivity contribution in [3.05, 3.63) is 24.8 Å². The first-order valence-electron chi connectivity index (χ1n) is 6.92. The smallest absolute Gasteiger partial charge is 0.407 e. The Morgan fingerprint density at radius 3 is 2.62 bits per heavy atom. The maximum Gasteiger partial charge on any atom is 0.407 e. The van der Waals surface area contributed by atoms with Gasteiger partial charge in [0.25, 0.3) is 0 Å². The molecule has 0 radical (unpaired) electrons. The van der Waals surface area contributed by atoms with Gasteiger partial charge in [0.1, 0.15) is 18.1 Å². The zero-order valence-electron chi connectivity index (χ0n) is 12.5. The van der Waals surface area contributed by atoms with Crippen molar-refractivity contribution in [2.24, 2.45) is 5.92 Å². The molecular formula is C15H21NO5. The number of nitrogens with one attached hydrogen (secondary N) is 1. The van der Waals surface area contributed by atoms with Crippen molar-refractivity contribution in [3.8, 4) is 0 Å². The van der Waals surface area contributed by atoms with Gasteiger partial charge in [-0.3, -0.25) is 4.79 Å². The lowest BCUT2D eigenvalue weighted by Gasteiger charge is -2.26. The van der Waals surface area contributed by atoms with E-state index >= 15 is 0 Å². The van der Waals surface area contributed by atoms with Crippen LogP contribution < -0.4 is 5.32 Å². The monoisotopic (exact) mass is 295 g/mol. The first-order chi connectivity index (χ1) is 9.81. The van der Waals surface area contributed by atoms with Gasteiger partial charge in [-0.1, -0.05) is 24.8 Å². The van der Waals surface area contributed by atoms with Gasteiger partial charge < -0.3 is 19.5 Å². The highest BCUT2D eigenvalue weighted by atomic mass is 16.6. The van der Waals surface area contributed by atoms with E-state index in [4.69, 9.17) is 14.2 Å². The summed E-state index contributed by atoms with van der Waals surface area (Å²) in [4.78, 5) is 24.0. The second-order valence-corrected chi connectivity index (χ2v) is 6.07. The molecule has 0 aliphatic carbocycles. The lowest BCUT2D eigenvalue weighted by atomic mass is 9.89. The average Bonchev–Trinajstić information content (AvgIpc) is 2.94. The van der Waals surface area contributed by atoms with Crippen molar-refractivity contribution in [1.82, 2.24) is 5.32 Å². The number of ether oxygens (including phenoxy) is 3. The average molecular weight is 295 g/mol. The molecule has 6 nitrogen and oxygen atoms in total. The lowest BCUT2D eigenvalue weighted by molar-refractivity contribution is -0.148. The Bertz CT molecular complexity index is 465. The Morgan fingerprint density at radius 2 is 2.00 bits per heavy atom. The molecule has 21 heavy (non-hydrogen) atoms. The maximum atomic E-state index is 12.1. The van der Waals surface area contributed by atoms with Gasteiger partial charge in [0.15, 0.2) is 0 Å². The fraction of sp³-hybridized carbons (Fsp3) is 0.600. The summed E-state index contributed by atoms with van der Waals surface area (Å²) in [5.41, 5.74) is -0.600. The highest BCUT2D eigenvalue weighted by Gasteiger charge is 2.51. The van der Waals surface area contributed by atoms with Gasteiger partial charge in [-0.2, -0.15) is 0 Å². The molecule has 1 amide bonds. The van der Waals surface area contributed by atoms with Crippen molar-refractivity contribution in [3.63, 3.8) is 0 Å². The van der Waals surface area contributed by atoms with Gasteiger partial charge in [-0.15, -0.1) is 0 Å². The Kier molecular flexibility index (Phi) is 4.37. The highest BCUT2D eigenvalue weighted by molar-refractivity contribution is 5.77. The van der Waals surface area contributed by atoms with E-state index in [-0.39, 0.29) is 18.8 Å². The Hall–Kier alpha value is -1.82. The first kappa shape index (κ1) is 15.6. The van der Waals surface area contributed by atoms with Crippen LogP contribution in [0.1, 0.15) is 20.8 Å². The maximum absolute atomic E-state index is 12.1. The molecule has 2 aliphatic heterocycles. The van der Waals surface area contributed by atoms with Crippen LogP contribution in [-0.4, -0.2) is 42.5 Å². The molecule has 2 heterocycles. The van der Waals surface area contributed by atoms with E-state index in [1.807, 2.05) is 12.2 Å². The lowest BCUT2D eigenvalue weighted by Crippen LogP contribution is -2.50.